The van der Waals surface area contributed by atoms with Crippen LogP contribution in [0, 0.1) is 19.8 Å². The number of nitrogens with zero attached hydrogens (tertiary/aromatic N) is 3. The molecule has 0 bridgehead atoms. The maximum atomic E-state index is 12.9. The fourth-order valence-corrected chi connectivity index (χ4v) is 4.99. The van der Waals surface area contributed by atoms with Gasteiger partial charge in [-0.05, 0) is 38.8 Å². The summed E-state index contributed by atoms with van der Waals surface area (Å²) >= 11 is 0. The summed E-state index contributed by atoms with van der Waals surface area (Å²) in [7, 11) is -3.73. The van der Waals surface area contributed by atoms with Crippen LogP contribution < -0.4 is 5.32 Å². The second kappa shape index (κ2) is 7.55. The molecule has 2 aromatic heterocycles. The molecule has 0 aliphatic carbocycles. The molecule has 8 nitrogen and oxygen atoms in total. The van der Waals surface area contributed by atoms with Gasteiger partial charge in [0.05, 0.1) is 18.2 Å². The largest absolute Gasteiger partial charge is 0.360 e. The van der Waals surface area contributed by atoms with E-state index in [2.05, 4.69) is 15.5 Å². The molecule has 9 heteroatoms. The monoisotopic (exact) mass is 378 g/mol. The Morgan fingerprint density at radius 1 is 1.38 bits per heavy atom. The minimum atomic E-state index is -3.73. The predicted molar refractivity (Wildman–Crippen MR) is 93.5 cm³/mol. The van der Waals surface area contributed by atoms with Crippen molar-refractivity contribution in [1.29, 1.82) is 0 Å². The summed E-state index contributed by atoms with van der Waals surface area (Å²) in [6.45, 7) is 4.04. The Kier molecular flexibility index (Phi) is 5.38. The molecular formula is C17H22N4O4S. The first-order valence-corrected chi connectivity index (χ1v) is 9.94. The summed E-state index contributed by atoms with van der Waals surface area (Å²) in [6.07, 6.45) is 2.95. The summed E-state index contributed by atoms with van der Waals surface area (Å²) in [6, 6.07) is 5.49. The van der Waals surface area contributed by atoms with Gasteiger partial charge in [0.2, 0.25) is 15.9 Å². The number of carbonyl (C=O) groups excluding carboxylic acids is 1. The number of pyridine rings is 1. The van der Waals surface area contributed by atoms with Crippen molar-refractivity contribution >= 4 is 15.9 Å². The molecule has 140 valence electrons. The highest BCUT2D eigenvalue weighted by Gasteiger charge is 2.36. The maximum absolute atomic E-state index is 12.9. The van der Waals surface area contributed by atoms with Gasteiger partial charge in [0.25, 0.3) is 0 Å². The third kappa shape index (κ3) is 3.78. The number of piperidine rings is 1. The van der Waals surface area contributed by atoms with Crippen LogP contribution in [0.3, 0.4) is 0 Å². The molecule has 1 amide bonds. The molecule has 26 heavy (non-hydrogen) atoms. The topological polar surface area (TPSA) is 105 Å². The van der Waals surface area contributed by atoms with Crippen LogP contribution in [0.5, 0.6) is 0 Å². The lowest BCUT2D eigenvalue weighted by atomic mass is 9.99. The summed E-state index contributed by atoms with van der Waals surface area (Å²) in [5, 5.41) is 6.57. The smallest absolute Gasteiger partial charge is 0.248 e. The molecule has 1 fully saturated rings. The van der Waals surface area contributed by atoms with Crippen molar-refractivity contribution in [3.8, 4) is 0 Å². The molecule has 1 saturated heterocycles. The van der Waals surface area contributed by atoms with E-state index in [1.54, 1.807) is 20.0 Å². The van der Waals surface area contributed by atoms with Crippen molar-refractivity contribution < 1.29 is 17.7 Å². The van der Waals surface area contributed by atoms with E-state index in [1.165, 1.54) is 4.31 Å². The van der Waals surface area contributed by atoms with Crippen molar-refractivity contribution in [2.45, 2.75) is 38.1 Å². The van der Waals surface area contributed by atoms with Crippen LogP contribution in [0.4, 0.5) is 0 Å². The first-order valence-electron chi connectivity index (χ1n) is 8.50. The standard InChI is InChI=1S/C17H22N4O4S/c1-12-16(13(2)25-20-12)26(23,24)21-9-5-6-14(11-21)17(22)19-10-15-7-3-4-8-18-15/h3-4,7-8,14H,5-6,9-11H2,1-2H3,(H,19,22)/t14-/m0/s1. The van der Waals surface area contributed by atoms with Gasteiger partial charge in [-0.2, -0.15) is 4.31 Å². The molecule has 1 aliphatic heterocycles. The van der Waals surface area contributed by atoms with Crippen LogP contribution in [0.15, 0.2) is 33.8 Å². The average molecular weight is 378 g/mol. The van der Waals surface area contributed by atoms with Gasteiger partial charge < -0.3 is 9.84 Å². The van der Waals surface area contributed by atoms with Crippen LogP contribution in [-0.4, -0.2) is 41.9 Å². The SMILES string of the molecule is Cc1noc(C)c1S(=O)(=O)N1CCC[C@H](C(=O)NCc2ccccn2)C1. The van der Waals surface area contributed by atoms with E-state index < -0.39 is 10.0 Å². The van der Waals surface area contributed by atoms with Gasteiger partial charge in [0.15, 0.2) is 5.76 Å². The molecule has 0 unspecified atom stereocenters. The molecule has 0 radical (unpaired) electrons. The van der Waals surface area contributed by atoms with Crippen molar-refractivity contribution in [3.05, 3.63) is 41.5 Å². The average Bonchev–Trinajstić information content (AvgIpc) is 2.99. The van der Waals surface area contributed by atoms with Crippen LogP contribution in [0.25, 0.3) is 0 Å². The quantitative estimate of drug-likeness (QED) is 0.843. The number of carbonyl (C=O) groups is 1. The van der Waals surface area contributed by atoms with Crippen molar-refractivity contribution in [1.82, 2.24) is 19.8 Å². The molecule has 1 N–H and O–H groups in total. The van der Waals surface area contributed by atoms with Gasteiger partial charge in [0, 0.05) is 19.3 Å². The summed E-state index contributed by atoms with van der Waals surface area (Å²) in [5.41, 5.74) is 1.10. The van der Waals surface area contributed by atoms with Crippen molar-refractivity contribution in [2.24, 2.45) is 5.92 Å². The highest BCUT2D eigenvalue weighted by atomic mass is 32.2. The summed E-state index contributed by atoms with van der Waals surface area (Å²) in [4.78, 5) is 16.7. The zero-order chi connectivity index (χ0) is 18.7. The minimum Gasteiger partial charge on any atom is -0.360 e. The lowest BCUT2D eigenvalue weighted by Gasteiger charge is -2.31. The zero-order valence-corrected chi connectivity index (χ0v) is 15.6. The van der Waals surface area contributed by atoms with E-state index in [1.807, 2.05) is 18.2 Å². The maximum Gasteiger partial charge on any atom is 0.248 e. The third-order valence-electron chi connectivity index (χ3n) is 4.49. The van der Waals surface area contributed by atoms with Gasteiger partial charge in [-0.15, -0.1) is 0 Å². The van der Waals surface area contributed by atoms with E-state index in [0.717, 1.165) is 5.69 Å². The Hall–Kier alpha value is -2.26. The number of aryl methyl sites for hydroxylation is 2. The minimum absolute atomic E-state index is 0.104. The molecular weight excluding hydrogens is 356 g/mol. The first kappa shape index (κ1) is 18.5. The van der Waals surface area contributed by atoms with Crippen LogP contribution in [-0.2, 0) is 21.4 Å². The molecule has 0 saturated carbocycles. The van der Waals surface area contributed by atoms with Crippen LogP contribution in [0.2, 0.25) is 0 Å². The fraction of sp³-hybridized carbons (Fsp3) is 0.471. The molecule has 3 heterocycles. The Bertz CT molecular complexity index is 860. The summed E-state index contributed by atoms with van der Waals surface area (Å²) in [5.74, 6) is -0.277. The number of hydrogen-bond acceptors (Lipinski definition) is 6. The van der Waals surface area contributed by atoms with E-state index >= 15 is 0 Å². The van der Waals surface area contributed by atoms with Gasteiger partial charge in [-0.3, -0.25) is 9.78 Å². The Balaban J connectivity index is 1.68. The number of rotatable bonds is 5. The predicted octanol–water partition coefficient (Wildman–Crippen LogP) is 1.40. The van der Waals surface area contributed by atoms with E-state index in [0.29, 0.717) is 31.6 Å². The number of sulfonamides is 1. The van der Waals surface area contributed by atoms with Crippen molar-refractivity contribution in [2.75, 3.05) is 13.1 Å². The number of hydrogen-bond donors (Lipinski definition) is 1. The number of amides is 1. The molecule has 1 aliphatic rings. The molecule has 1 atom stereocenters. The Morgan fingerprint density at radius 3 is 2.85 bits per heavy atom. The number of aromatic nitrogens is 2. The Labute approximate surface area is 152 Å². The van der Waals surface area contributed by atoms with Gasteiger partial charge in [-0.25, -0.2) is 8.42 Å². The van der Waals surface area contributed by atoms with Gasteiger partial charge in [0.1, 0.15) is 10.6 Å². The summed E-state index contributed by atoms with van der Waals surface area (Å²) < 4.78 is 32.2. The van der Waals surface area contributed by atoms with Crippen LogP contribution in [0.1, 0.15) is 30.0 Å². The van der Waals surface area contributed by atoms with Crippen molar-refractivity contribution in [3.63, 3.8) is 0 Å². The number of nitrogens with one attached hydrogen (secondary N) is 1. The first-order chi connectivity index (χ1) is 12.4. The molecule has 3 rings (SSSR count). The van der Waals surface area contributed by atoms with Gasteiger partial charge in [-0.1, -0.05) is 11.2 Å². The van der Waals surface area contributed by atoms with E-state index in [-0.39, 0.29) is 29.0 Å². The second-order valence-electron chi connectivity index (χ2n) is 6.39. The molecule has 0 aromatic carbocycles. The lowest BCUT2D eigenvalue weighted by molar-refractivity contribution is -0.126. The zero-order valence-electron chi connectivity index (χ0n) is 14.8. The normalized spacial score (nSPS) is 18.6. The Morgan fingerprint density at radius 2 is 2.19 bits per heavy atom. The van der Waals surface area contributed by atoms with E-state index in [4.69, 9.17) is 4.52 Å². The molecule has 0 spiro atoms. The lowest BCUT2D eigenvalue weighted by Crippen LogP contribution is -2.45. The molecule has 2 aromatic rings. The van der Waals surface area contributed by atoms with Crippen LogP contribution >= 0.6 is 0 Å². The highest BCUT2D eigenvalue weighted by molar-refractivity contribution is 7.89. The highest BCUT2D eigenvalue weighted by Crippen LogP contribution is 2.27. The fourth-order valence-electron chi connectivity index (χ4n) is 3.17. The van der Waals surface area contributed by atoms with Gasteiger partial charge >= 0.3 is 0 Å². The van der Waals surface area contributed by atoms with E-state index in [9.17, 15) is 13.2 Å². The second-order valence-corrected chi connectivity index (χ2v) is 8.27. The third-order valence-corrected chi connectivity index (χ3v) is 6.60.